The zero-order valence-electron chi connectivity index (χ0n) is 11.3. The average molecular weight is 255 g/mol. The monoisotopic (exact) mass is 255 g/mol. The third kappa shape index (κ3) is 4.19. The summed E-state index contributed by atoms with van der Waals surface area (Å²) < 4.78 is 0. The molecule has 2 aromatic carbocycles. The molecule has 0 aliphatic rings. The summed E-state index contributed by atoms with van der Waals surface area (Å²) in [6.07, 6.45) is 0.850. The number of aliphatic hydroxyl groups excluding tert-OH is 1. The maximum atomic E-state index is 9.47. The highest BCUT2D eigenvalue weighted by Gasteiger charge is 2.08. The minimum atomic E-state index is 0.0991. The standard InChI is InChI=1S/C17H21NO/c1-14-7-5-6-10-16(14)12-18-17(13-19)11-15-8-3-2-4-9-15/h2-10,17-19H,11-13H2,1H3/t17-/m1/s1. The molecule has 2 aromatic rings. The van der Waals surface area contributed by atoms with Gasteiger partial charge in [0.25, 0.3) is 0 Å². The summed E-state index contributed by atoms with van der Waals surface area (Å²) >= 11 is 0. The number of aliphatic hydroxyl groups is 1. The first kappa shape index (κ1) is 13.8. The van der Waals surface area contributed by atoms with E-state index in [1.807, 2.05) is 24.3 Å². The van der Waals surface area contributed by atoms with E-state index in [0.717, 1.165) is 13.0 Å². The van der Waals surface area contributed by atoms with Crippen molar-refractivity contribution in [1.29, 1.82) is 0 Å². The van der Waals surface area contributed by atoms with Crippen LogP contribution in [0.4, 0.5) is 0 Å². The topological polar surface area (TPSA) is 32.3 Å². The Bertz CT molecular complexity index is 496. The molecule has 2 heteroatoms. The summed E-state index contributed by atoms with van der Waals surface area (Å²) in [5.74, 6) is 0. The van der Waals surface area contributed by atoms with Gasteiger partial charge in [-0.05, 0) is 30.0 Å². The normalized spacial score (nSPS) is 12.3. The molecule has 19 heavy (non-hydrogen) atoms. The Labute approximate surface area is 115 Å². The summed E-state index contributed by atoms with van der Waals surface area (Å²) in [5.41, 5.74) is 3.82. The van der Waals surface area contributed by atoms with Crippen molar-refractivity contribution in [2.45, 2.75) is 25.9 Å². The average Bonchev–Trinajstić information content (AvgIpc) is 2.46. The van der Waals surface area contributed by atoms with Gasteiger partial charge in [0.1, 0.15) is 0 Å². The first-order chi connectivity index (χ1) is 9.29. The molecule has 0 bridgehead atoms. The largest absolute Gasteiger partial charge is 0.395 e. The van der Waals surface area contributed by atoms with Gasteiger partial charge in [0.2, 0.25) is 0 Å². The van der Waals surface area contributed by atoms with Gasteiger partial charge in [0.15, 0.2) is 0 Å². The van der Waals surface area contributed by atoms with Gasteiger partial charge >= 0.3 is 0 Å². The molecule has 2 rings (SSSR count). The molecule has 0 unspecified atom stereocenters. The molecule has 1 atom stereocenters. The van der Waals surface area contributed by atoms with E-state index in [1.165, 1.54) is 16.7 Å². The van der Waals surface area contributed by atoms with Crippen LogP contribution in [0.15, 0.2) is 54.6 Å². The second-order valence-corrected chi connectivity index (χ2v) is 4.88. The van der Waals surface area contributed by atoms with Crippen LogP contribution in [0.5, 0.6) is 0 Å². The minimum absolute atomic E-state index is 0.0991. The van der Waals surface area contributed by atoms with Crippen LogP contribution >= 0.6 is 0 Å². The number of benzene rings is 2. The van der Waals surface area contributed by atoms with Crippen molar-refractivity contribution < 1.29 is 5.11 Å². The van der Waals surface area contributed by atoms with Crippen molar-refractivity contribution in [2.24, 2.45) is 0 Å². The maximum Gasteiger partial charge on any atom is 0.0587 e. The first-order valence-corrected chi connectivity index (χ1v) is 6.72. The molecule has 0 aromatic heterocycles. The number of aryl methyl sites for hydroxylation is 1. The Hall–Kier alpha value is -1.64. The van der Waals surface area contributed by atoms with Crippen LogP contribution in [0.3, 0.4) is 0 Å². The Morgan fingerprint density at radius 3 is 2.37 bits per heavy atom. The second kappa shape index (κ2) is 7.07. The van der Waals surface area contributed by atoms with Crippen molar-refractivity contribution in [3.05, 3.63) is 71.3 Å². The van der Waals surface area contributed by atoms with E-state index in [-0.39, 0.29) is 12.6 Å². The molecule has 0 spiro atoms. The molecule has 0 radical (unpaired) electrons. The molecule has 0 amide bonds. The summed E-state index contributed by atoms with van der Waals surface area (Å²) in [5, 5.41) is 12.9. The van der Waals surface area contributed by atoms with E-state index in [4.69, 9.17) is 0 Å². The predicted molar refractivity (Wildman–Crippen MR) is 79.0 cm³/mol. The molecular weight excluding hydrogens is 234 g/mol. The van der Waals surface area contributed by atoms with Gasteiger partial charge in [-0.3, -0.25) is 0 Å². The fourth-order valence-corrected chi connectivity index (χ4v) is 2.16. The fourth-order valence-electron chi connectivity index (χ4n) is 2.16. The Kier molecular flexibility index (Phi) is 5.13. The number of hydrogen-bond acceptors (Lipinski definition) is 2. The van der Waals surface area contributed by atoms with E-state index in [1.54, 1.807) is 0 Å². The predicted octanol–water partition coefficient (Wildman–Crippen LogP) is 2.69. The molecule has 0 fully saturated rings. The van der Waals surface area contributed by atoms with Gasteiger partial charge in [-0.2, -0.15) is 0 Å². The second-order valence-electron chi connectivity index (χ2n) is 4.88. The van der Waals surface area contributed by atoms with E-state index in [9.17, 15) is 5.11 Å². The summed E-state index contributed by atoms with van der Waals surface area (Å²) in [7, 11) is 0. The lowest BCUT2D eigenvalue weighted by Gasteiger charge is -2.17. The molecule has 0 aliphatic carbocycles. The van der Waals surface area contributed by atoms with E-state index in [0.29, 0.717) is 0 Å². The van der Waals surface area contributed by atoms with Crippen LogP contribution < -0.4 is 5.32 Å². The van der Waals surface area contributed by atoms with E-state index in [2.05, 4.69) is 42.6 Å². The Balaban J connectivity index is 1.91. The zero-order valence-corrected chi connectivity index (χ0v) is 11.3. The van der Waals surface area contributed by atoms with Crippen molar-refractivity contribution in [2.75, 3.05) is 6.61 Å². The summed E-state index contributed by atoms with van der Waals surface area (Å²) in [6, 6.07) is 18.7. The fraction of sp³-hybridized carbons (Fsp3) is 0.294. The van der Waals surface area contributed by atoms with Crippen LogP contribution in [0.2, 0.25) is 0 Å². The number of hydrogen-bond donors (Lipinski definition) is 2. The molecule has 2 nitrogen and oxygen atoms in total. The molecule has 100 valence electrons. The van der Waals surface area contributed by atoms with Gasteiger partial charge in [-0.25, -0.2) is 0 Å². The molecule has 0 saturated carbocycles. The SMILES string of the molecule is Cc1ccccc1CN[C@@H](CO)Cc1ccccc1. The molecule has 0 heterocycles. The Morgan fingerprint density at radius 2 is 1.68 bits per heavy atom. The highest BCUT2D eigenvalue weighted by Crippen LogP contribution is 2.08. The van der Waals surface area contributed by atoms with Crippen LogP contribution in [0.25, 0.3) is 0 Å². The van der Waals surface area contributed by atoms with Gasteiger partial charge < -0.3 is 10.4 Å². The van der Waals surface area contributed by atoms with Gasteiger partial charge in [-0.1, -0.05) is 54.6 Å². The van der Waals surface area contributed by atoms with Gasteiger partial charge in [0, 0.05) is 12.6 Å². The maximum absolute atomic E-state index is 9.47. The van der Waals surface area contributed by atoms with Crippen molar-refractivity contribution in [3.8, 4) is 0 Å². The lowest BCUT2D eigenvalue weighted by Crippen LogP contribution is -2.34. The van der Waals surface area contributed by atoms with Crippen LogP contribution in [-0.4, -0.2) is 17.8 Å². The minimum Gasteiger partial charge on any atom is -0.395 e. The van der Waals surface area contributed by atoms with Crippen molar-refractivity contribution in [3.63, 3.8) is 0 Å². The molecule has 0 aliphatic heterocycles. The Morgan fingerprint density at radius 1 is 1.00 bits per heavy atom. The van der Waals surface area contributed by atoms with Crippen LogP contribution in [-0.2, 0) is 13.0 Å². The first-order valence-electron chi connectivity index (χ1n) is 6.72. The molecular formula is C17H21NO. The lowest BCUT2D eigenvalue weighted by atomic mass is 10.1. The number of nitrogens with one attached hydrogen (secondary N) is 1. The highest BCUT2D eigenvalue weighted by atomic mass is 16.3. The van der Waals surface area contributed by atoms with Crippen molar-refractivity contribution in [1.82, 2.24) is 5.32 Å². The van der Waals surface area contributed by atoms with E-state index >= 15 is 0 Å². The third-order valence-corrected chi connectivity index (χ3v) is 3.39. The lowest BCUT2D eigenvalue weighted by molar-refractivity contribution is 0.240. The van der Waals surface area contributed by atoms with E-state index < -0.39 is 0 Å². The molecule has 0 saturated heterocycles. The zero-order chi connectivity index (χ0) is 13.5. The van der Waals surface area contributed by atoms with Crippen LogP contribution in [0.1, 0.15) is 16.7 Å². The number of rotatable bonds is 6. The summed E-state index contributed by atoms with van der Waals surface area (Å²) in [6.45, 7) is 3.06. The van der Waals surface area contributed by atoms with Gasteiger partial charge in [0.05, 0.1) is 6.61 Å². The molecule has 2 N–H and O–H groups in total. The summed E-state index contributed by atoms with van der Waals surface area (Å²) in [4.78, 5) is 0. The van der Waals surface area contributed by atoms with Gasteiger partial charge in [-0.15, -0.1) is 0 Å². The van der Waals surface area contributed by atoms with Crippen molar-refractivity contribution >= 4 is 0 Å². The quantitative estimate of drug-likeness (QED) is 0.832. The smallest absolute Gasteiger partial charge is 0.0587 e. The van der Waals surface area contributed by atoms with Crippen LogP contribution in [0, 0.1) is 6.92 Å². The highest BCUT2D eigenvalue weighted by molar-refractivity contribution is 5.25. The third-order valence-electron chi connectivity index (χ3n) is 3.39.